The van der Waals surface area contributed by atoms with Crippen LogP contribution in [0.2, 0.25) is 0 Å². The zero-order chi connectivity index (χ0) is 18.6. The molecule has 0 aliphatic rings. The topological polar surface area (TPSA) is 53.4 Å². The SMILES string of the molecule is Cc1nn(C)c(N(C)C)c1CN[C@@H](CC(=O)N(C)C)c1ccccc1. The lowest BCUT2D eigenvalue weighted by Crippen LogP contribution is -2.30. The summed E-state index contributed by atoms with van der Waals surface area (Å²) in [5.74, 6) is 1.19. The summed E-state index contributed by atoms with van der Waals surface area (Å²) in [6.07, 6.45) is 0.424. The average molecular weight is 343 g/mol. The number of benzene rings is 1. The van der Waals surface area contributed by atoms with Crippen LogP contribution in [0.3, 0.4) is 0 Å². The van der Waals surface area contributed by atoms with Crippen molar-refractivity contribution < 1.29 is 4.79 Å². The van der Waals surface area contributed by atoms with Gasteiger partial charge in [0.1, 0.15) is 5.82 Å². The Labute approximate surface area is 150 Å². The van der Waals surface area contributed by atoms with E-state index >= 15 is 0 Å². The predicted octanol–water partition coefficient (Wildman–Crippen LogP) is 2.10. The Morgan fingerprint density at radius 1 is 1.20 bits per heavy atom. The lowest BCUT2D eigenvalue weighted by atomic mass is 10.0. The molecule has 0 saturated heterocycles. The molecular weight excluding hydrogens is 314 g/mol. The summed E-state index contributed by atoms with van der Waals surface area (Å²) in [5.41, 5.74) is 3.28. The van der Waals surface area contributed by atoms with Crippen LogP contribution in [-0.2, 0) is 18.4 Å². The highest BCUT2D eigenvalue weighted by Crippen LogP contribution is 2.24. The van der Waals surface area contributed by atoms with Crippen molar-refractivity contribution in [3.63, 3.8) is 0 Å². The molecule has 2 aromatic rings. The highest BCUT2D eigenvalue weighted by atomic mass is 16.2. The lowest BCUT2D eigenvalue weighted by Gasteiger charge is -2.22. The van der Waals surface area contributed by atoms with Gasteiger partial charge in [-0.05, 0) is 12.5 Å². The van der Waals surface area contributed by atoms with E-state index in [9.17, 15) is 4.79 Å². The fourth-order valence-electron chi connectivity index (χ4n) is 3.03. The van der Waals surface area contributed by atoms with Gasteiger partial charge in [0, 0.05) is 59.8 Å². The molecule has 0 aliphatic heterocycles. The second kappa shape index (κ2) is 8.16. The number of aromatic nitrogens is 2. The van der Waals surface area contributed by atoms with Gasteiger partial charge in [0.15, 0.2) is 0 Å². The summed E-state index contributed by atoms with van der Waals surface area (Å²) in [5, 5.41) is 8.09. The number of anilines is 1. The normalized spacial score (nSPS) is 12.1. The Kier molecular flexibility index (Phi) is 6.20. The predicted molar refractivity (Wildman–Crippen MR) is 102 cm³/mol. The van der Waals surface area contributed by atoms with Gasteiger partial charge in [0.25, 0.3) is 0 Å². The Bertz CT molecular complexity index is 706. The van der Waals surface area contributed by atoms with Gasteiger partial charge < -0.3 is 15.1 Å². The maximum absolute atomic E-state index is 12.2. The number of rotatable bonds is 7. The molecule has 1 aromatic heterocycles. The quantitative estimate of drug-likeness (QED) is 0.836. The molecule has 6 heteroatoms. The third-order valence-corrected chi connectivity index (χ3v) is 4.34. The molecule has 1 N–H and O–H groups in total. The summed E-state index contributed by atoms with van der Waals surface area (Å²) >= 11 is 0. The van der Waals surface area contributed by atoms with Gasteiger partial charge in [-0.3, -0.25) is 9.48 Å². The van der Waals surface area contributed by atoms with E-state index in [-0.39, 0.29) is 11.9 Å². The van der Waals surface area contributed by atoms with Crippen molar-refractivity contribution in [2.45, 2.75) is 25.9 Å². The molecule has 0 unspecified atom stereocenters. The first-order chi connectivity index (χ1) is 11.8. The minimum absolute atomic E-state index is 0.0364. The first-order valence-corrected chi connectivity index (χ1v) is 8.49. The molecule has 0 aliphatic carbocycles. The van der Waals surface area contributed by atoms with E-state index < -0.39 is 0 Å². The Balaban J connectivity index is 2.22. The summed E-state index contributed by atoms with van der Waals surface area (Å²) in [7, 11) is 9.57. The van der Waals surface area contributed by atoms with Crippen molar-refractivity contribution >= 4 is 11.7 Å². The summed E-state index contributed by atoms with van der Waals surface area (Å²) in [4.78, 5) is 16.0. The third-order valence-electron chi connectivity index (χ3n) is 4.34. The first kappa shape index (κ1) is 19.0. The Morgan fingerprint density at radius 3 is 2.40 bits per heavy atom. The number of nitrogens with zero attached hydrogens (tertiary/aromatic N) is 4. The van der Waals surface area contributed by atoms with Crippen molar-refractivity contribution in [3.05, 3.63) is 47.2 Å². The molecule has 25 heavy (non-hydrogen) atoms. The van der Waals surface area contributed by atoms with Crippen LogP contribution in [0, 0.1) is 6.92 Å². The van der Waals surface area contributed by atoms with E-state index in [2.05, 4.69) is 27.4 Å². The van der Waals surface area contributed by atoms with Gasteiger partial charge in [0.2, 0.25) is 5.91 Å². The monoisotopic (exact) mass is 343 g/mol. The zero-order valence-corrected chi connectivity index (χ0v) is 16.1. The standard InChI is InChI=1S/C19H29N5O/c1-14-16(19(23(4)5)24(6)21-14)13-20-17(12-18(25)22(2)3)15-10-8-7-9-11-15/h7-11,17,20H,12-13H2,1-6H3/t17-/m0/s1. The van der Waals surface area contributed by atoms with Gasteiger partial charge in [-0.25, -0.2) is 0 Å². The smallest absolute Gasteiger partial charge is 0.223 e. The molecule has 136 valence electrons. The number of hydrogen-bond donors (Lipinski definition) is 1. The fourth-order valence-corrected chi connectivity index (χ4v) is 3.03. The van der Waals surface area contributed by atoms with Crippen molar-refractivity contribution in [1.29, 1.82) is 0 Å². The van der Waals surface area contributed by atoms with Gasteiger partial charge in [0.05, 0.1) is 5.69 Å². The number of amides is 1. The molecule has 1 amide bonds. The summed E-state index contributed by atoms with van der Waals surface area (Å²) in [6, 6.07) is 10.1. The van der Waals surface area contributed by atoms with Crippen molar-refractivity contribution in [3.8, 4) is 0 Å². The highest BCUT2D eigenvalue weighted by molar-refractivity contribution is 5.76. The van der Waals surface area contributed by atoms with Crippen LogP contribution in [0.1, 0.15) is 29.3 Å². The van der Waals surface area contributed by atoms with Crippen LogP contribution in [0.25, 0.3) is 0 Å². The van der Waals surface area contributed by atoms with Crippen LogP contribution in [-0.4, -0.2) is 48.8 Å². The van der Waals surface area contributed by atoms with Crippen molar-refractivity contribution in [1.82, 2.24) is 20.0 Å². The zero-order valence-electron chi connectivity index (χ0n) is 16.1. The van der Waals surface area contributed by atoms with Gasteiger partial charge in [-0.1, -0.05) is 30.3 Å². The molecule has 1 aromatic carbocycles. The summed E-state index contributed by atoms with van der Waals surface area (Å²) < 4.78 is 1.90. The van der Waals surface area contributed by atoms with Crippen molar-refractivity contribution in [2.24, 2.45) is 7.05 Å². The Hall–Kier alpha value is -2.34. The van der Waals surface area contributed by atoms with Gasteiger partial charge in [-0.15, -0.1) is 0 Å². The number of nitrogens with one attached hydrogen (secondary N) is 1. The van der Waals surface area contributed by atoms with E-state index in [1.54, 1.807) is 19.0 Å². The van der Waals surface area contributed by atoms with Crippen LogP contribution < -0.4 is 10.2 Å². The van der Waals surface area contributed by atoms with E-state index in [0.717, 1.165) is 22.6 Å². The molecule has 1 heterocycles. The second-order valence-electron chi connectivity index (χ2n) is 6.74. The molecule has 2 rings (SSSR count). The maximum Gasteiger partial charge on any atom is 0.223 e. The number of hydrogen-bond acceptors (Lipinski definition) is 4. The van der Waals surface area contributed by atoms with Gasteiger partial charge in [-0.2, -0.15) is 5.10 Å². The minimum atomic E-state index is -0.0364. The average Bonchev–Trinajstić information content (AvgIpc) is 2.85. The van der Waals surface area contributed by atoms with E-state index in [0.29, 0.717) is 13.0 Å². The molecule has 0 spiro atoms. The fraction of sp³-hybridized carbons (Fsp3) is 0.474. The molecule has 0 saturated carbocycles. The maximum atomic E-state index is 12.2. The van der Waals surface area contributed by atoms with E-state index in [1.165, 1.54) is 0 Å². The first-order valence-electron chi connectivity index (χ1n) is 8.49. The highest BCUT2D eigenvalue weighted by Gasteiger charge is 2.20. The van der Waals surface area contributed by atoms with Crippen LogP contribution in [0.15, 0.2) is 30.3 Å². The second-order valence-corrected chi connectivity index (χ2v) is 6.74. The van der Waals surface area contributed by atoms with Crippen LogP contribution in [0.4, 0.5) is 5.82 Å². The largest absolute Gasteiger partial charge is 0.363 e. The molecule has 0 bridgehead atoms. The number of carbonyl (C=O) groups excluding carboxylic acids is 1. The third kappa shape index (κ3) is 4.60. The minimum Gasteiger partial charge on any atom is -0.363 e. The molecule has 0 fully saturated rings. The molecule has 1 atom stereocenters. The van der Waals surface area contributed by atoms with E-state index in [1.807, 2.05) is 50.9 Å². The lowest BCUT2D eigenvalue weighted by molar-refractivity contribution is -0.129. The molecular formula is C19H29N5O. The molecule has 6 nitrogen and oxygen atoms in total. The van der Waals surface area contributed by atoms with Crippen LogP contribution in [0.5, 0.6) is 0 Å². The van der Waals surface area contributed by atoms with Crippen molar-refractivity contribution in [2.75, 3.05) is 33.1 Å². The molecule has 0 radical (unpaired) electrons. The number of aryl methyl sites for hydroxylation is 2. The van der Waals surface area contributed by atoms with E-state index in [4.69, 9.17) is 0 Å². The van der Waals surface area contributed by atoms with Crippen LogP contribution >= 0.6 is 0 Å². The Morgan fingerprint density at radius 2 is 1.84 bits per heavy atom. The van der Waals surface area contributed by atoms with Gasteiger partial charge >= 0.3 is 0 Å². The number of carbonyl (C=O) groups is 1. The summed E-state index contributed by atoms with van der Waals surface area (Å²) in [6.45, 7) is 2.68.